The van der Waals surface area contributed by atoms with Gasteiger partial charge in [-0.3, -0.25) is 0 Å². The van der Waals surface area contributed by atoms with Crippen molar-refractivity contribution in [3.63, 3.8) is 0 Å². The summed E-state index contributed by atoms with van der Waals surface area (Å²) in [4.78, 5) is 4.79. The molecule has 1 aromatic rings. The minimum absolute atomic E-state index is 0.497. The van der Waals surface area contributed by atoms with Crippen molar-refractivity contribution in [3.05, 3.63) is 29.3 Å². The predicted molar refractivity (Wildman–Crippen MR) is 73.8 cm³/mol. The first-order valence-corrected chi connectivity index (χ1v) is 6.49. The monoisotopic (exact) mass is 253 g/mol. The van der Waals surface area contributed by atoms with Crippen molar-refractivity contribution in [1.29, 1.82) is 0 Å². The molecule has 0 saturated carbocycles. The summed E-state index contributed by atoms with van der Waals surface area (Å²) in [6.45, 7) is 3.94. The van der Waals surface area contributed by atoms with Gasteiger partial charge in [-0.2, -0.15) is 0 Å². The van der Waals surface area contributed by atoms with Crippen LogP contribution < -0.4 is 10.6 Å². The van der Waals surface area contributed by atoms with E-state index in [0.717, 1.165) is 37.6 Å². The fraction of sp³-hybridized carbons (Fsp3) is 0.538. The zero-order valence-electron chi connectivity index (χ0n) is 10.3. The maximum Gasteiger partial charge on any atom is 0.0429 e. The largest absolute Gasteiger partial charge is 0.366 e. The summed E-state index contributed by atoms with van der Waals surface area (Å²) in [7, 11) is 2.17. The number of nitrogens with zero attached hydrogens (tertiary/aromatic N) is 2. The molecule has 17 heavy (non-hydrogen) atoms. The zero-order chi connectivity index (χ0) is 12.3. The molecule has 1 aliphatic heterocycles. The molecule has 1 fully saturated rings. The van der Waals surface area contributed by atoms with Gasteiger partial charge in [0.05, 0.1) is 0 Å². The van der Waals surface area contributed by atoms with Crippen LogP contribution in [-0.4, -0.2) is 44.2 Å². The van der Waals surface area contributed by atoms with Gasteiger partial charge in [-0.1, -0.05) is 17.7 Å². The van der Waals surface area contributed by atoms with Crippen molar-refractivity contribution in [2.24, 2.45) is 5.73 Å². The lowest BCUT2D eigenvalue weighted by Crippen LogP contribution is -2.52. The molecule has 2 N–H and O–H groups in total. The molecule has 0 aromatic heterocycles. The Bertz CT molecular complexity index is 369. The van der Waals surface area contributed by atoms with E-state index < -0.39 is 0 Å². The number of benzene rings is 1. The van der Waals surface area contributed by atoms with E-state index >= 15 is 0 Å². The van der Waals surface area contributed by atoms with Gasteiger partial charge in [-0.15, -0.1) is 0 Å². The van der Waals surface area contributed by atoms with Crippen molar-refractivity contribution in [3.8, 4) is 0 Å². The first kappa shape index (κ1) is 12.7. The molecule has 0 bridgehead atoms. The summed E-state index contributed by atoms with van der Waals surface area (Å²) in [5.74, 6) is 0. The van der Waals surface area contributed by atoms with Gasteiger partial charge < -0.3 is 15.5 Å². The third-order valence-corrected chi connectivity index (χ3v) is 3.56. The molecule has 3 nitrogen and oxygen atoms in total. The van der Waals surface area contributed by atoms with Gasteiger partial charge in [0, 0.05) is 36.4 Å². The smallest absolute Gasteiger partial charge is 0.0429 e. The normalized spacial score (nSPS) is 21.8. The van der Waals surface area contributed by atoms with Crippen LogP contribution in [0.5, 0.6) is 0 Å². The van der Waals surface area contributed by atoms with Gasteiger partial charge in [0.1, 0.15) is 0 Å². The molecule has 1 aliphatic rings. The van der Waals surface area contributed by atoms with E-state index in [4.69, 9.17) is 17.3 Å². The van der Waals surface area contributed by atoms with Crippen LogP contribution >= 0.6 is 11.6 Å². The molecule has 94 valence electrons. The summed E-state index contributed by atoms with van der Waals surface area (Å²) in [5.41, 5.74) is 6.92. The lowest BCUT2D eigenvalue weighted by atomic mass is 10.1. The number of hydrogen-bond acceptors (Lipinski definition) is 3. The fourth-order valence-electron chi connectivity index (χ4n) is 2.44. The van der Waals surface area contributed by atoms with Crippen LogP contribution in [0.3, 0.4) is 0 Å². The highest BCUT2D eigenvalue weighted by Gasteiger charge is 2.24. The highest BCUT2D eigenvalue weighted by atomic mass is 35.5. The highest BCUT2D eigenvalue weighted by molar-refractivity contribution is 6.30. The molecule has 1 aromatic carbocycles. The summed E-state index contributed by atoms with van der Waals surface area (Å²) < 4.78 is 0. The summed E-state index contributed by atoms with van der Waals surface area (Å²) in [5, 5.41) is 0.799. The molecule has 1 saturated heterocycles. The predicted octanol–water partition coefficient (Wildman–Crippen LogP) is 1.81. The van der Waals surface area contributed by atoms with Crippen molar-refractivity contribution in [2.75, 3.05) is 38.1 Å². The molecule has 4 heteroatoms. The second kappa shape index (κ2) is 5.71. The molecule has 1 heterocycles. The Morgan fingerprint density at radius 1 is 1.41 bits per heavy atom. The average Bonchev–Trinajstić information content (AvgIpc) is 2.29. The molecule has 0 amide bonds. The molecule has 1 atom stereocenters. The van der Waals surface area contributed by atoms with Gasteiger partial charge in [0.2, 0.25) is 0 Å². The lowest BCUT2D eigenvalue weighted by Gasteiger charge is -2.41. The molecular weight excluding hydrogens is 234 g/mol. The molecule has 1 unspecified atom stereocenters. The van der Waals surface area contributed by atoms with Gasteiger partial charge in [0.25, 0.3) is 0 Å². The SMILES string of the molecule is CN1CCN(c2cccc(Cl)c2)C(CCN)C1. The van der Waals surface area contributed by atoms with Gasteiger partial charge in [0.15, 0.2) is 0 Å². The van der Waals surface area contributed by atoms with E-state index in [1.54, 1.807) is 0 Å². The minimum atomic E-state index is 0.497. The zero-order valence-corrected chi connectivity index (χ0v) is 11.0. The van der Waals surface area contributed by atoms with E-state index in [1.807, 2.05) is 18.2 Å². The van der Waals surface area contributed by atoms with Gasteiger partial charge in [-0.25, -0.2) is 0 Å². The third kappa shape index (κ3) is 3.12. The van der Waals surface area contributed by atoms with Crippen LogP contribution in [0.4, 0.5) is 5.69 Å². The van der Waals surface area contributed by atoms with E-state index in [0.29, 0.717) is 6.04 Å². The summed E-state index contributed by atoms with van der Waals surface area (Å²) >= 11 is 6.06. The Morgan fingerprint density at radius 3 is 2.94 bits per heavy atom. The van der Waals surface area contributed by atoms with Crippen LogP contribution in [0.25, 0.3) is 0 Å². The highest BCUT2D eigenvalue weighted by Crippen LogP contribution is 2.24. The van der Waals surface area contributed by atoms with E-state index in [2.05, 4.69) is 22.9 Å². The number of halogens is 1. The number of rotatable bonds is 3. The molecule has 0 spiro atoms. The summed E-state index contributed by atoms with van der Waals surface area (Å²) in [6, 6.07) is 8.59. The lowest BCUT2D eigenvalue weighted by molar-refractivity contribution is 0.262. The van der Waals surface area contributed by atoms with E-state index in [1.165, 1.54) is 5.69 Å². The second-order valence-electron chi connectivity index (χ2n) is 4.67. The van der Waals surface area contributed by atoms with Crippen LogP contribution in [-0.2, 0) is 0 Å². The third-order valence-electron chi connectivity index (χ3n) is 3.33. The molecule has 2 rings (SSSR count). The Balaban J connectivity index is 2.17. The van der Waals surface area contributed by atoms with Crippen molar-refractivity contribution >= 4 is 17.3 Å². The molecule has 0 radical (unpaired) electrons. The van der Waals surface area contributed by atoms with E-state index in [-0.39, 0.29) is 0 Å². The number of likely N-dealkylation sites (N-methyl/N-ethyl adjacent to an activating group) is 1. The second-order valence-corrected chi connectivity index (χ2v) is 5.10. The summed E-state index contributed by atoms with van der Waals surface area (Å²) in [6.07, 6.45) is 1.02. The first-order chi connectivity index (χ1) is 8.20. The standard InChI is InChI=1S/C13H20ClN3/c1-16-7-8-17(13(10-16)5-6-15)12-4-2-3-11(14)9-12/h2-4,9,13H,5-8,10,15H2,1H3. The Kier molecular flexibility index (Phi) is 4.26. The Hall–Kier alpha value is -0.770. The molecular formula is C13H20ClN3. The van der Waals surface area contributed by atoms with Crippen molar-refractivity contribution < 1.29 is 0 Å². The maximum absolute atomic E-state index is 6.06. The topological polar surface area (TPSA) is 32.5 Å². The van der Waals surface area contributed by atoms with E-state index in [9.17, 15) is 0 Å². The van der Waals surface area contributed by atoms with Gasteiger partial charge >= 0.3 is 0 Å². The number of hydrogen-bond donors (Lipinski definition) is 1. The minimum Gasteiger partial charge on any atom is -0.366 e. The Morgan fingerprint density at radius 2 is 2.24 bits per heavy atom. The number of piperazine rings is 1. The van der Waals surface area contributed by atoms with Crippen molar-refractivity contribution in [2.45, 2.75) is 12.5 Å². The van der Waals surface area contributed by atoms with Crippen molar-refractivity contribution in [1.82, 2.24) is 4.90 Å². The Labute approximate surface area is 108 Å². The molecule has 0 aliphatic carbocycles. The first-order valence-electron chi connectivity index (χ1n) is 6.11. The van der Waals surface area contributed by atoms with Crippen LogP contribution in [0.15, 0.2) is 24.3 Å². The van der Waals surface area contributed by atoms with Gasteiger partial charge in [-0.05, 0) is 38.2 Å². The van der Waals surface area contributed by atoms with Crippen LogP contribution in [0.1, 0.15) is 6.42 Å². The fourth-order valence-corrected chi connectivity index (χ4v) is 2.63. The van der Waals surface area contributed by atoms with Crippen LogP contribution in [0.2, 0.25) is 5.02 Å². The number of anilines is 1. The van der Waals surface area contributed by atoms with Crippen LogP contribution in [0, 0.1) is 0 Å². The number of nitrogens with two attached hydrogens (primary N) is 1. The quantitative estimate of drug-likeness (QED) is 0.892. The maximum atomic E-state index is 6.06. The average molecular weight is 254 g/mol.